The lowest BCUT2D eigenvalue weighted by Gasteiger charge is -2.39. The molecular formula is C26H18Cl2N2O2. The Balaban J connectivity index is 2.01. The molecule has 32 heavy (non-hydrogen) atoms. The average molecular weight is 461 g/mol. The maximum Gasteiger partial charge on any atom is 0.163 e. The van der Waals surface area contributed by atoms with E-state index in [-0.39, 0.29) is 12.2 Å². The van der Waals surface area contributed by atoms with E-state index in [0.717, 1.165) is 11.8 Å². The molecule has 0 fully saturated rings. The van der Waals surface area contributed by atoms with Crippen molar-refractivity contribution in [3.05, 3.63) is 105 Å². The van der Waals surface area contributed by atoms with Crippen LogP contribution < -0.4 is 5.73 Å². The summed E-state index contributed by atoms with van der Waals surface area (Å²) < 4.78 is 0. The number of halogens is 2. The average Bonchev–Trinajstić information content (AvgIpc) is 2.79. The number of rotatable bonds is 4. The number of carbonyl (C=O) groups excluding carboxylic acids is 2. The Labute approximate surface area is 195 Å². The molecule has 3 aromatic rings. The summed E-state index contributed by atoms with van der Waals surface area (Å²) in [6.45, 7) is 0. The van der Waals surface area contributed by atoms with Crippen molar-refractivity contribution in [3.63, 3.8) is 0 Å². The molecule has 0 saturated heterocycles. The highest BCUT2D eigenvalue weighted by molar-refractivity contribution is 6.31. The molecular weight excluding hydrogens is 443 g/mol. The molecule has 2 atom stereocenters. The molecule has 1 aliphatic rings. The lowest BCUT2D eigenvalue weighted by molar-refractivity contribution is -0.116. The van der Waals surface area contributed by atoms with Crippen LogP contribution in [0.2, 0.25) is 10.0 Å². The Bertz CT molecular complexity index is 1310. The second-order valence-corrected chi connectivity index (χ2v) is 8.64. The van der Waals surface area contributed by atoms with Gasteiger partial charge in [0.15, 0.2) is 5.78 Å². The molecule has 0 unspecified atom stereocenters. The van der Waals surface area contributed by atoms with Gasteiger partial charge in [-0.25, -0.2) is 0 Å². The molecule has 0 spiro atoms. The number of ketones is 1. The van der Waals surface area contributed by atoms with Gasteiger partial charge in [0.05, 0.1) is 17.0 Å². The van der Waals surface area contributed by atoms with Gasteiger partial charge in [0.1, 0.15) is 6.29 Å². The van der Waals surface area contributed by atoms with Crippen molar-refractivity contribution in [1.29, 1.82) is 5.26 Å². The molecule has 2 N–H and O–H groups in total. The van der Waals surface area contributed by atoms with Gasteiger partial charge in [0.2, 0.25) is 0 Å². The number of hydrogen-bond donors (Lipinski definition) is 1. The minimum absolute atomic E-state index is 0.0732. The molecule has 3 aromatic carbocycles. The monoisotopic (exact) mass is 460 g/mol. The predicted molar refractivity (Wildman–Crippen MR) is 127 cm³/mol. The predicted octanol–water partition coefficient (Wildman–Crippen LogP) is 5.72. The maximum atomic E-state index is 13.3. The third kappa shape index (κ3) is 3.82. The van der Waals surface area contributed by atoms with E-state index in [1.165, 1.54) is 0 Å². The number of nitriles is 1. The second kappa shape index (κ2) is 8.63. The van der Waals surface area contributed by atoms with Crippen LogP contribution >= 0.6 is 23.2 Å². The fourth-order valence-electron chi connectivity index (χ4n) is 4.37. The maximum absolute atomic E-state index is 13.3. The summed E-state index contributed by atoms with van der Waals surface area (Å²) >= 11 is 12.3. The number of benzene rings is 3. The van der Waals surface area contributed by atoms with Gasteiger partial charge in [0, 0.05) is 33.6 Å². The lowest BCUT2D eigenvalue weighted by Crippen LogP contribution is -2.39. The third-order valence-corrected chi connectivity index (χ3v) is 6.35. The molecule has 0 aromatic heterocycles. The van der Waals surface area contributed by atoms with Crippen molar-refractivity contribution in [3.8, 4) is 6.07 Å². The van der Waals surface area contributed by atoms with Crippen LogP contribution in [0.4, 0.5) is 5.69 Å². The minimum Gasteiger partial charge on any atom is -0.398 e. The van der Waals surface area contributed by atoms with Crippen molar-refractivity contribution in [1.82, 2.24) is 0 Å². The van der Waals surface area contributed by atoms with Crippen LogP contribution in [0.15, 0.2) is 72.8 Å². The van der Waals surface area contributed by atoms with E-state index < -0.39 is 11.3 Å². The number of nitrogens with two attached hydrogens (primary N) is 1. The Kier molecular flexibility index (Phi) is 5.88. The molecule has 0 saturated carbocycles. The smallest absolute Gasteiger partial charge is 0.163 e. The first kappa shape index (κ1) is 21.8. The molecule has 0 bridgehead atoms. The van der Waals surface area contributed by atoms with Gasteiger partial charge in [-0.05, 0) is 53.1 Å². The lowest BCUT2D eigenvalue weighted by atomic mass is 9.61. The van der Waals surface area contributed by atoms with Gasteiger partial charge >= 0.3 is 0 Å². The van der Waals surface area contributed by atoms with Crippen LogP contribution in [-0.2, 0) is 15.0 Å². The number of nitrogen functional groups attached to an aromatic ring is 1. The summed E-state index contributed by atoms with van der Waals surface area (Å²) in [5.41, 5.74) is 8.14. The van der Waals surface area contributed by atoms with Gasteiger partial charge in [-0.1, -0.05) is 59.6 Å². The summed E-state index contributed by atoms with van der Waals surface area (Å²) in [5, 5.41) is 10.2. The summed E-state index contributed by atoms with van der Waals surface area (Å²) in [6, 6.07) is 21.0. The van der Waals surface area contributed by atoms with Crippen molar-refractivity contribution in [2.75, 3.05) is 5.73 Å². The topological polar surface area (TPSA) is 83.9 Å². The zero-order chi connectivity index (χ0) is 22.9. The Morgan fingerprint density at radius 3 is 2.47 bits per heavy atom. The molecule has 4 nitrogen and oxygen atoms in total. The van der Waals surface area contributed by atoms with Crippen molar-refractivity contribution in [2.24, 2.45) is 0 Å². The first-order valence-corrected chi connectivity index (χ1v) is 10.7. The SMILES string of the molecule is N#Cc1cccc(C2=C[C@](C=O)(c3ccc(Cl)cc3N)[C@H](c3cccc(Cl)c3)CC2=O)c1. The first-order chi connectivity index (χ1) is 15.4. The number of allylic oxidation sites excluding steroid dienone is 2. The quantitative estimate of drug-likeness (QED) is 0.398. The first-order valence-electron chi connectivity index (χ1n) is 9.92. The summed E-state index contributed by atoms with van der Waals surface area (Å²) in [6.07, 6.45) is 2.58. The normalized spacial score (nSPS) is 20.3. The Morgan fingerprint density at radius 2 is 1.78 bits per heavy atom. The van der Waals surface area contributed by atoms with E-state index in [9.17, 15) is 14.9 Å². The number of Topliss-reactive ketones (excluding diaryl/α,β-unsaturated/α-hetero) is 1. The molecule has 158 valence electrons. The summed E-state index contributed by atoms with van der Waals surface area (Å²) in [7, 11) is 0. The molecule has 4 rings (SSSR count). The molecule has 0 heterocycles. The third-order valence-electron chi connectivity index (χ3n) is 5.88. The molecule has 6 heteroatoms. The van der Waals surface area contributed by atoms with Gasteiger partial charge in [0.25, 0.3) is 0 Å². The van der Waals surface area contributed by atoms with Gasteiger partial charge < -0.3 is 10.5 Å². The van der Waals surface area contributed by atoms with Crippen molar-refractivity contribution in [2.45, 2.75) is 17.8 Å². The van der Waals surface area contributed by atoms with E-state index in [4.69, 9.17) is 28.9 Å². The Hall–Kier alpha value is -3.39. The number of anilines is 1. The van der Waals surface area contributed by atoms with Crippen LogP contribution in [-0.4, -0.2) is 12.1 Å². The second-order valence-electron chi connectivity index (χ2n) is 7.77. The number of nitrogens with zero attached hydrogens (tertiary/aromatic N) is 1. The van der Waals surface area contributed by atoms with Gasteiger partial charge in [-0.3, -0.25) is 4.79 Å². The highest BCUT2D eigenvalue weighted by Gasteiger charge is 2.46. The van der Waals surface area contributed by atoms with Crippen LogP contribution in [0.3, 0.4) is 0 Å². The Morgan fingerprint density at radius 1 is 1.03 bits per heavy atom. The van der Waals surface area contributed by atoms with E-state index in [1.807, 2.05) is 6.07 Å². The number of hydrogen-bond acceptors (Lipinski definition) is 4. The fourth-order valence-corrected chi connectivity index (χ4v) is 4.75. The highest BCUT2D eigenvalue weighted by atomic mass is 35.5. The summed E-state index contributed by atoms with van der Waals surface area (Å²) in [5.74, 6) is -0.646. The van der Waals surface area contributed by atoms with Crippen LogP contribution in [0, 0.1) is 11.3 Å². The molecule has 1 aliphatic carbocycles. The van der Waals surface area contributed by atoms with E-state index in [1.54, 1.807) is 66.7 Å². The number of aldehydes is 1. The molecule has 0 aliphatic heterocycles. The summed E-state index contributed by atoms with van der Waals surface area (Å²) in [4.78, 5) is 26.1. The minimum atomic E-state index is -1.23. The van der Waals surface area contributed by atoms with Crippen molar-refractivity contribution >= 4 is 46.5 Å². The van der Waals surface area contributed by atoms with E-state index >= 15 is 0 Å². The highest BCUT2D eigenvalue weighted by Crippen LogP contribution is 2.49. The van der Waals surface area contributed by atoms with E-state index in [2.05, 4.69) is 6.07 Å². The largest absolute Gasteiger partial charge is 0.398 e. The molecule has 0 radical (unpaired) electrons. The van der Waals surface area contributed by atoms with E-state index in [0.29, 0.717) is 38.0 Å². The van der Waals surface area contributed by atoms with Gasteiger partial charge in [-0.15, -0.1) is 0 Å². The number of carbonyl (C=O) groups is 2. The van der Waals surface area contributed by atoms with Crippen molar-refractivity contribution < 1.29 is 9.59 Å². The molecule has 0 amide bonds. The van der Waals surface area contributed by atoms with Gasteiger partial charge in [-0.2, -0.15) is 5.26 Å². The van der Waals surface area contributed by atoms with Crippen LogP contribution in [0.25, 0.3) is 5.57 Å². The zero-order valence-corrected chi connectivity index (χ0v) is 18.4. The van der Waals surface area contributed by atoms with Crippen LogP contribution in [0.5, 0.6) is 0 Å². The standard InChI is InChI=1S/C26H18Cl2N2O2/c27-19-6-2-5-18(10-19)23-12-25(32)21(17-4-1-3-16(9-17)14-29)13-26(23,15-31)22-8-7-20(28)11-24(22)30/h1-11,13,15,23H,12,30H2/t23-,26-/m0/s1. The van der Waals surface area contributed by atoms with Crippen LogP contribution in [0.1, 0.15) is 34.6 Å². The zero-order valence-electron chi connectivity index (χ0n) is 16.9. The fraction of sp³-hybridized carbons (Fsp3) is 0.115.